The topological polar surface area (TPSA) is 145 Å². The van der Waals surface area contributed by atoms with E-state index in [1.807, 2.05) is 5.32 Å². The van der Waals surface area contributed by atoms with Gasteiger partial charge in [0.05, 0.1) is 15.6 Å². The van der Waals surface area contributed by atoms with Gasteiger partial charge in [-0.1, -0.05) is 11.6 Å². The number of nitro benzene ring substituents is 1. The molecule has 0 heterocycles. The van der Waals surface area contributed by atoms with Gasteiger partial charge in [0.25, 0.3) is 11.6 Å². The molecular weight excluding hydrogens is 316 g/mol. The lowest BCUT2D eigenvalue weighted by molar-refractivity contribution is -0.384. The Hall–Kier alpha value is -3.12. The minimum atomic E-state index is -1.26. The van der Waals surface area contributed by atoms with Crippen LogP contribution in [-0.4, -0.2) is 28.5 Å². The maximum absolute atomic E-state index is 11.5. The smallest absolute Gasteiger partial charge is 0.322 e. The van der Waals surface area contributed by atoms with Crippen molar-refractivity contribution in [2.45, 2.75) is 0 Å². The van der Waals surface area contributed by atoms with Crippen LogP contribution in [0.15, 0.2) is 30.0 Å². The number of aliphatic carboxylic acids is 1. The number of hydrogen-bond acceptors (Lipinski definition) is 6. The van der Waals surface area contributed by atoms with Crippen LogP contribution in [0.3, 0.4) is 0 Å². The molecule has 0 bridgehead atoms. The van der Waals surface area contributed by atoms with E-state index < -0.39 is 28.9 Å². The summed E-state index contributed by atoms with van der Waals surface area (Å²) < 4.78 is 0. The maximum atomic E-state index is 11.5. The van der Waals surface area contributed by atoms with Gasteiger partial charge in [-0.25, -0.2) is 0 Å². The van der Waals surface area contributed by atoms with Crippen LogP contribution >= 0.6 is 11.6 Å². The molecule has 0 unspecified atom stereocenters. The number of nitrogens with one attached hydrogen (secondary N) is 2. The van der Waals surface area contributed by atoms with Crippen LogP contribution < -0.4 is 10.6 Å². The summed E-state index contributed by atoms with van der Waals surface area (Å²) in [4.78, 5) is 31.9. The zero-order valence-corrected chi connectivity index (χ0v) is 11.6. The first-order chi connectivity index (χ1) is 10.3. The van der Waals surface area contributed by atoms with Gasteiger partial charge in [-0.2, -0.15) is 5.26 Å². The Kier molecular flexibility index (Phi) is 5.85. The standard InChI is InChI=1S/C12H9ClN4O5/c13-9-2-1-8(17(21)22)3-10(9)15-5-7(4-14)12(20)16-6-11(18)19/h1-3,5,15H,6H2,(H,16,20)(H,18,19)/b7-5-. The van der Waals surface area contributed by atoms with Crippen LogP contribution in [-0.2, 0) is 9.59 Å². The summed E-state index contributed by atoms with van der Waals surface area (Å²) in [6, 6.07) is 5.18. The molecule has 114 valence electrons. The fraction of sp³-hybridized carbons (Fsp3) is 0.0833. The number of carbonyl (C=O) groups excluding carboxylic acids is 1. The third-order valence-corrected chi connectivity index (χ3v) is 2.63. The van der Waals surface area contributed by atoms with E-state index in [1.54, 1.807) is 6.07 Å². The van der Waals surface area contributed by atoms with E-state index in [-0.39, 0.29) is 16.4 Å². The molecule has 0 fully saturated rings. The van der Waals surface area contributed by atoms with Crippen molar-refractivity contribution in [2.75, 3.05) is 11.9 Å². The number of carboxylic acids is 1. The van der Waals surface area contributed by atoms with E-state index >= 15 is 0 Å². The fourth-order valence-corrected chi connectivity index (χ4v) is 1.46. The third-order valence-electron chi connectivity index (χ3n) is 2.30. The first kappa shape index (κ1) is 16.9. The average Bonchev–Trinajstić information content (AvgIpc) is 2.47. The second kappa shape index (κ2) is 7.61. The Morgan fingerprint density at radius 3 is 2.73 bits per heavy atom. The molecule has 1 aromatic rings. The molecule has 3 N–H and O–H groups in total. The second-order valence-corrected chi connectivity index (χ2v) is 4.22. The van der Waals surface area contributed by atoms with Crippen LogP contribution in [0.25, 0.3) is 0 Å². The van der Waals surface area contributed by atoms with Crippen LogP contribution in [0.4, 0.5) is 11.4 Å². The number of nitrogens with zero attached hydrogens (tertiary/aromatic N) is 2. The molecule has 0 spiro atoms. The number of amides is 1. The fourth-order valence-electron chi connectivity index (χ4n) is 1.29. The van der Waals surface area contributed by atoms with E-state index in [0.717, 1.165) is 12.3 Å². The Morgan fingerprint density at radius 1 is 1.50 bits per heavy atom. The molecule has 9 nitrogen and oxygen atoms in total. The SMILES string of the molecule is N#C/C(=C/Nc1cc([N+](=O)[O-])ccc1Cl)C(=O)NCC(=O)O. The van der Waals surface area contributed by atoms with Gasteiger partial charge >= 0.3 is 5.97 Å². The number of carboxylic acid groups (broad SMARTS) is 1. The van der Waals surface area contributed by atoms with Crippen molar-refractivity contribution < 1.29 is 19.6 Å². The lowest BCUT2D eigenvalue weighted by atomic mass is 10.2. The highest BCUT2D eigenvalue weighted by atomic mass is 35.5. The highest BCUT2D eigenvalue weighted by molar-refractivity contribution is 6.33. The minimum absolute atomic E-state index is 0.120. The lowest BCUT2D eigenvalue weighted by Crippen LogP contribution is -2.30. The number of hydrogen-bond donors (Lipinski definition) is 3. The number of benzene rings is 1. The molecular formula is C12H9ClN4O5. The molecule has 0 radical (unpaired) electrons. The van der Waals surface area contributed by atoms with Gasteiger partial charge in [-0.3, -0.25) is 19.7 Å². The molecule has 0 saturated carbocycles. The molecule has 1 amide bonds. The lowest BCUT2D eigenvalue weighted by Gasteiger charge is -2.05. The van der Waals surface area contributed by atoms with Gasteiger partial charge in [-0.05, 0) is 6.07 Å². The average molecular weight is 325 g/mol. The number of anilines is 1. The van der Waals surface area contributed by atoms with Gasteiger partial charge < -0.3 is 15.7 Å². The van der Waals surface area contributed by atoms with E-state index in [0.29, 0.717) is 0 Å². The van der Waals surface area contributed by atoms with Crippen molar-refractivity contribution in [3.8, 4) is 6.07 Å². The molecule has 0 aliphatic carbocycles. The second-order valence-electron chi connectivity index (χ2n) is 3.81. The Morgan fingerprint density at radius 2 is 2.18 bits per heavy atom. The summed E-state index contributed by atoms with van der Waals surface area (Å²) in [6.07, 6.45) is 0.974. The third kappa shape index (κ3) is 4.77. The Balaban J connectivity index is 2.91. The Labute approximate surface area is 128 Å². The van der Waals surface area contributed by atoms with Gasteiger partial charge in [0.2, 0.25) is 0 Å². The normalized spacial score (nSPS) is 10.5. The summed E-state index contributed by atoms with van der Waals surface area (Å²) in [5, 5.41) is 32.6. The van der Waals surface area contributed by atoms with E-state index in [4.69, 9.17) is 22.0 Å². The molecule has 10 heteroatoms. The highest BCUT2D eigenvalue weighted by Gasteiger charge is 2.12. The van der Waals surface area contributed by atoms with Crippen LogP contribution in [0.5, 0.6) is 0 Å². The predicted octanol–water partition coefficient (Wildman–Crippen LogP) is 1.27. The zero-order chi connectivity index (χ0) is 16.7. The maximum Gasteiger partial charge on any atom is 0.322 e. The van der Waals surface area contributed by atoms with Gasteiger partial charge in [0.15, 0.2) is 0 Å². The minimum Gasteiger partial charge on any atom is -0.480 e. The quantitative estimate of drug-likeness (QED) is 0.309. The number of halogens is 1. The van der Waals surface area contributed by atoms with Crippen LogP contribution in [0.2, 0.25) is 5.02 Å². The number of non-ortho nitro benzene ring substituents is 1. The summed E-state index contributed by atoms with van der Waals surface area (Å²) in [7, 11) is 0. The van der Waals surface area contributed by atoms with Crippen LogP contribution in [0.1, 0.15) is 0 Å². The summed E-state index contributed by atoms with van der Waals surface area (Å²) >= 11 is 5.83. The van der Waals surface area contributed by atoms with E-state index in [9.17, 15) is 19.7 Å². The molecule has 0 saturated heterocycles. The molecule has 1 rings (SSSR count). The number of rotatable bonds is 6. The van der Waals surface area contributed by atoms with Gasteiger partial charge in [0, 0.05) is 18.3 Å². The monoisotopic (exact) mass is 324 g/mol. The highest BCUT2D eigenvalue weighted by Crippen LogP contribution is 2.26. The van der Waals surface area contributed by atoms with E-state index in [2.05, 4.69) is 5.32 Å². The van der Waals surface area contributed by atoms with Gasteiger partial charge in [-0.15, -0.1) is 0 Å². The molecule has 0 aromatic heterocycles. The molecule has 0 atom stereocenters. The van der Waals surface area contributed by atoms with Crippen molar-refractivity contribution in [1.29, 1.82) is 5.26 Å². The van der Waals surface area contributed by atoms with Crippen molar-refractivity contribution in [2.24, 2.45) is 0 Å². The zero-order valence-electron chi connectivity index (χ0n) is 10.9. The van der Waals surface area contributed by atoms with E-state index in [1.165, 1.54) is 12.1 Å². The molecule has 1 aromatic carbocycles. The summed E-state index contributed by atoms with van der Waals surface area (Å²) in [5.74, 6) is -2.17. The first-order valence-corrected chi connectivity index (χ1v) is 6.03. The largest absolute Gasteiger partial charge is 0.480 e. The summed E-state index contributed by atoms with van der Waals surface area (Å²) in [6.45, 7) is -0.643. The van der Waals surface area contributed by atoms with Crippen LogP contribution in [0, 0.1) is 21.4 Å². The number of nitriles is 1. The molecule has 0 aliphatic rings. The summed E-state index contributed by atoms with van der Waals surface area (Å²) in [5.41, 5.74) is -0.521. The first-order valence-electron chi connectivity index (χ1n) is 5.66. The molecule has 0 aliphatic heterocycles. The number of carbonyl (C=O) groups is 2. The van der Waals surface area contributed by atoms with Crippen molar-refractivity contribution >= 4 is 34.9 Å². The predicted molar refractivity (Wildman–Crippen MR) is 76.1 cm³/mol. The van der Waals surface area contributed by atoms with Crippen molar-refractivity contribution in [3.63, 3.8) is 0 Å². The van der Waals surface area contributed by atoms with Crippen molar-refractivity contribution in [1.82, 2.24) is 5.32 Å². The number of nitro groups is 1. The molecule has 22 heavy (non-hydrogen) atoms. The Bertz CT molecular complexity index is 695. The van der Waals surface area contributed by atoms with Crippen molar-refractivity contribution in [3.05, 3.63) is 45.1 Å². The van der Waals surface area contributed by atoms with Gasteiger partial charge in [0.1, 0.15) is 18.2 Å².